The monoisotopic (exact) mass is 1420 g/mol. The van der Waals surface area contributed by atoms with Crippen molar-refractivity contribution in [2.45, 2.75) is 260 Å². The molecule has 11 amide bonds. The Morgan fingerprint density at radius 3 is 1.51 bits per heavy atom. The molecule has 0 aliphatic carbocycles. The molecular weight excluding hydrogens is 1280 g/mol. The lowest BCUT2D eigenvalue weighted by Gasteiger charge is -2.41. The number of ether oxygens (including phenoxy) is 1. The van der Waals surface area contributed by atoms with E-state index in [9.17, 15) is 19.5 Å². The molecule has 26 heteroatoms. The molecule has 0 saturated carbocycles. The Kier molecular flexibility index (Phi) is 38.9. The van der Waals surface area contributed by atoms with Crippen LogP contribution in [0.25, 0.3) is 0 Å². The van der Waals surface area contributed by atoms with Crippen molar-refractivity contribution in [2.24, 2.45) is 41.4 Å². The van der Waals surface area contributed by atoms with Crippen molar-refractivity contribution in [3.63, 3.8) is 0 Å². The lowest BCUT2D eigenvalue weighted by molar-refractivity contribution is -0.157. The molecule has 99 heavy (non-hydrogen) atoms. The number of carbonyl (C=O) groups excluding carboxylic acids is 11. The Balaban J connectivity index is 3.14. The normalized spacial score (nSPS) is 26.7. The Hall–Kier alpha value is -5.86. The molecular formula is C73H132N12O13S. The molecule has 2 aliphatic rings. The van der Waals surface area contributed by atoms with Crippen LogP contribution in [0.2, 0.25) is 0 Å². The molecule has 568 valence electrons. The minimum absolute atomic E-state index is 0.00207. The summed E-state index contributed by atoms with van der Waals surface area (Å²) < 4.78 is 6.30. The van der Waals surface area contributed by atoms with Gasteiger partial charge in [-0.15, -0.1) is 11.8 Å². The van der Waals surface area contributed by atoms with Crippen molar-refractivity contribution in [2.75, 3.05) is 87.9 Å². The predicted molar refractivity (Wildman–Crippen MR) is 390 cm³/mol. The zero-order chi connectivity index (χ0) is 75.6. The maximum atomic E-state index is 15.6. The van der Waals surface area contributed by atoms with Gasteiger partial charge in [-0.05, 0) is 139 Å². The number of nitrogens with one attached hydrogen (secondary N) is 4. The summed E-state index contributed by atoms with van der Waals surface area (Å²) in [5, 5.41) is 22.3. The van der Waals surface area contributed by atoms with E-state index in [1.54, 1.807) is 47.6 Å². The van der Waals surface area contributed by atoms with Gasteiger partial charge in [0.05, 0.1) is 12.7 Å². The molecule has 2 aliphatic heterocycles. The van der Waals surface area contributed by atoms with Gasteiger partial charge in [0.25, 0.3) is 5.91 Å². The molecule has 0 aromatic heterocycles. The summed E-state index contributed by atoms with van der Waals surface area (Å²) in [7, 11) is 10.1. The van der Waals surface area contributed by atoms with E-state index in [0.29, 0.717) is 18.6 Å². The van der Waals surface area contributed by atoms with Gasteiger partial charge < -0.3 is 70.3 Å². The van der Waals surface area contributed by atoms with Gasteiger partial charge in [-0.1, -0.05) is 128 Å². The minimum Gasteiger partial charge on any atom is -0.390 e. The van der Waals surface area contributed by atoms with Gasteiger partial charge in [0.15, 0.2) is 5.37 Å². The molecule has 25 nitrogen and oxygen atoms in total. The largest absolute Gasteiger partial charge is 0.390 e. The number of rotatable bonds is 24. The number of likely N-dealkylation sites (tertiary alicyclic amines) is 1. The summed E-state index contributed by atoms with van der Waals surface area (Å²) >= 11 is 1.21. The summed E-state index contributed by atoms with van der Waals surface area (Å²) in [6.07, 6.45) is 8.31. The average Bonchev–Trinajstić information content (AvgIpc) is 0.806. The lowest BCUT2D eigenvalue weighted by atomic mass is 9.91. The maximum Gasteiger partial charge on any atom is 0.256 e. The molecule has 5 N–H and O–H groups in total. The third kappa shape index (κ3) is 26.2. The number of thioether (sulfide) groups is 1. The molecule has 2 saturated heterocycles. The summed E-state index contributed by atoms with van der Waals surface area (Å²) in [5.41, 5.74) is 0. The van der Waals surface area contributed by atoms with Crippen LogP contribution in [-0.2, 0) is 57.5 Å². The van der Waals surface area contributed by atoms with Gasteiger partial charge in [-0.25, -0.2) is 0 Å². The highest BCUT2D eigenvalue weighted by Crippen LogP contribution is 2.27. The van der Waals surface area contributed by atoms with Gasteiger partial charge in [-0.2, -0.15) is 0 Å². The fraction of sp³-hybridized carbons (Fsp3) is 0.822. The lowest BCUT2D eigenvalue weighted by Crippen LogP contribution is -2.64. The summed E-state index contributed by atoms with van der Waals surface area (Å²) in [5.74, 6) is -9.33. The number of hydrogen-bond donors (Lipinski definition) is 5. The third-order valence-corrected chi connectivity index (χ3v) is 21.0. The maximum absolute atomic E-state index is 15.6. The first-order valence-corrected chi connectivity index (χ1v) is 37.6. The van der Waals surface area contributed by atoms with Gasteiger partial charge in [0, 0.05) is 55.9 Å². The van der Waals surface area contributed by atoms with Crippen LogP contribution in [0.5, 0.6) is 0 Å². The number of likely N-dealkylation sites (N-methyl/N-ethyl adjacent to an activating group) is 7. The van der Waals surface area contributed by atoms with Crippen LogP contribution in [-0.4, -0.2) is 269 Å². The summed E-state index contributed by atoms with van der Waals surface area (Å²) in [6.45, 7) is 33.0. The number of amides is 11. The van der Waals surface area contributed by atoms with Crippen molar-refractivity contribution in [1.29, 1.82) is 0 Å². The van der Waals surface area contributed by atoms with E-state index < -0.39 is 155 Å². The molecule has 13 atom stereocenters. The summed E-state index contributed by atoms with van der Waals surface area (Å²) in [4.78, 5) is 176. The van der Waals surface area contributed by atoms with Crippen LogP contribution in [0, 0.1) is 41.4 Å². The van der Waals surface area contributed by atoms with E-state index in [0.717, 1.165) is 56.6 Å². The van der Waals surface area contributed by atoms with E-state index in [-0.39, 0.29) is 62.6 Å². The Bertz CT molecular complexity index is 2650. The van der Waals surface area contributed by atoms with Crippen LogP contribution in [0.1, 0.15) is 188 Å². The summed E-state index contributed by atoms with van der Waals surface area (Å²) in [6, 6.07) is -12.9. The molecule has 2 rings (SSSR count). The number of nitrogens with zero attached hydrogens (tertiary/aromatic N) is 8. The smallest absolute Gasteiger partial charge is 0.256 e. The average molecular weight is 1420 g/mol. The second-order valence-corrected chi connectivity index (χ2v) is 31.0. The van der Waals surface area contributed by atoms with Gasteiger partial charge in [0.1, 0.15) is 60.4 Å². The van der Waals surface area contributed by atoms with Crippen molar-refractivity contribution in [1.82, 2.24) is 60.5 Å². The van der Waals surface area contributed by atoms with Gasteiger partial charge in [-0.3, -0.25) is 52.7 Å². The molecule has 0 radical (unpaired) electrons. The zero-order valence-corrected chi connectivity index (χ0v) is 65.8. The molecule has 0 bridgehead atoms. The predicted octanol–water partition coefficient (Wildman–Crippen LogP) is 5.61. The van der Waals surface area contributed by atoms with Crippen LogP contribution in [0.15, 0.2) is 12.2 Å². The van der Waals surface area contributed by atoms with Crippen molar-refractivity contribution >= 4 is 76.7 Å². The van der Waals surface area contributed by atoms with Crippen molar-refractivity contribution in [3.8, 4) is 0 Å². The zero-order valence-electron chi connectivity index (χ0n) is 65.0. The Morgan fingerprint density at radius 1 is 0.515 bits per heavy atom. The fourth-order valence-electron chi connectivity index (χ4n) is 12.9. The SMILES string of the molecule is C/C=C/C[C@@H](C)[C@@H](O)[C@H]1C(=O)N[C@@H](CC)C(=O)N(C)[C@H](SCCCN2CCCCC2)C(=O)N(C)[C@@H](COCC(CC)CC)C(=O)N[C@@H](C(C)C)C(=O)N(C)[C@@H](CC(C)C)C(=O)N[C@@H](C)C(=O)N[C@H](C)C(=O)N(C)[C@@H](CC(C)C)C(=O)N(C)[C@@H](CC(C)C)C(=O)N(C)[C@@H](C(C)C)C(=O)N1C. The number of aliphatic hydroxyl groups excluding tert-OH is 1. The topological polar surface area (TPSA) is 291 Å². The minimum atomic E-state index is -1.64. The third-order valence-electron chi connectivity index (χ3n) is 19.6. The first-order chi connectivity index (χ1) is 46.3. The molecule has 2 fully saturated rings. The van der Waals surface area contributed by atoms with Crippen molar-refractivity contribution in [3.05, 3.63) is 12.2 Å². The molecule has 2 heterocycles. The standard InChI is InChI=1S/C73H132N12O13S/c1-25-29-34-49(15)61(86)60-65(90)76-53(28-4)67(92)84(24)73(99-38-33-37-85-35-31-30-32-36-85)72(97)81(21)57(43-98-42-52(26-2)27-3)64(89)77-58(47(11)12)70(95)78(18)54(39-44(5)6)63(88)74-50(16)62(87)75-51(17)66(91)79(19)55(40-45(7)8)68(93)80(20)56(41-46(9)10)69(94)82(22)59(48(13)14)71(96)83(60)23/h25,29,44-61,73,86H,26-28,30-43H2,1-24H3,(H,74,88)(H,75,87)(H,76,90)(H,77,89)/b29-25+/t49-,50+,51-,53+,54+,55+,56+,57+,58+,59+,60+,61-,73-/m1/s1. The Morgan fingerprint density at radius 2 is 1.00 bits per heavy atom. The fourth-order valence-corrected chi connectivity index (χ4v) is 14.1. The number of aliphatic hydroxyl groups is 1. The number of hydrogen-bond acceptors (Lipinski definition) is 15. The van der Waals surface area contributed by atoms with Crippen LogP contribution >= 0.6 is 11.8 Å². The van der Waals surface area contributed by atoms with E-state index in [1.807, 2.05) is 68.4 Å². The second kappa shape index (κ2) is 43.2. The van der Waals surface area contributed by atoms with E-state index in [4.69, 9.17) is 4.74 Å². The van der Waals surface area contributed by atoms with Crippen LogP contribution in [0.4, 0.5) is 0 Å². The first-order valence-electron chi connectivity index (χ1n) is 36.6. The highest BCUT2D eigenvalue weighted by molar-refractivity contribution is 8.00. The van der Waals surface area contributed by atoms with E-state index >= 15 is 38.4 Å². The number of allylic oxidation sites excluding steroid dienone is 2. The quantitative estimate of drug-likeness (QED) is 0.0580. The van der Waals surface area contributed by atoms with E-state index in [2.05, 4.69) is 26.2 Å². The Labute approximate surface area is 598 Å². The highest BCUT2D eigenvalue weighted by atomic mass is 32.2. The number of piperidine rings is 1. The van der Waals surface area contributed by atoms with Crippen LogP contribution in [0.3, 0.4) is 0 Å². The molecule has 0 aromatic rings. The van der Waals surface area contributed by atoms with E-state index in [1.165, 1.54) is 104 Å². The number of carbonyl (C=O) groups is 11. The van der Waals surface area contributed by atoms with Gasteiger partial charge >= 0.3 is 0 Å². The van der Waals surface area contributed by atoms with Gasteiger partial charge in [0.2, 0.25) is 59.1 Å². The molecule has 0 aromatic carbocycles. The van der Waals surface area contributed by atoms with Crippen molar-refractivity contribution < 1.29 is 62.6 Å². The first kappa shape index (κ1) is 89.2. The molecule has 0 unspecified atom stereocenters. The highest BCUT2D eigenvalue weighted by Gasteiger charge is 2.47. The molecule has 0 spiro atoms. The second-order valence-electron chi connectivity index (χ2n) is 29.9. The van der Waals surface area contributed by atoms with Crippen LogP contribution < -0.4 is 21.3 Å².